The first kappa shape index (κ1) is 10.3. The van der Waals surface area contributed by atoms with Crippen molar-refractivity contribution in [2.24, 2.45) is 0 Å². The zero-order valence-electron chi connectivity index (χ0n) is 7.81. The van der Waals surface area contributed by atoms with Gasteiger partial charge >= 0.3 is 0 Å². The lowest BCUT2D eigenvalue weighted by Gasteiger charge is -2.06. The van der Waals surface area contributed by atoms with Crippen molar-refractivity contribution in [3.63, 3.8) is 0 Å². The van der Waals surface area contributed by atoms with Crippen molar-refractivity contribution in [3.05, 3.63) is 40.9 Å². The van der Waals surface area contributed by atoms with E-state index >= 15 is 0 Å². The van der Waals surface area contributed by atoms with Crippen molar-refractivity contribution < 1.29 is 0 Å². The lowest BCUT2D eigenvalue weighted by atomic mass is 10.1. The number of benzene rings is 1. The van der Waals surface area contributed by atoms with Gasteiger partial charge in [0.15, 0.2) is 0 Å². The highest BCUT2D eigenvalue weighted by Gasteiger charge is 1.93. The first-order chi connectivity index (χ1) is 6.22. The molecule has 0 aliphatic carbocycles. The van der Waals surface area contributed by atoms with Gasteiger partial charge in [0.2, 0.25) is 0 Å². The molecule has 0 saturated carbocycles. The van der Waals surface area contributed by atoms with E-state index in [2.05, 4.69) is 59.0 Å². The standard InChI is InChI=1S/C11H14BrN/c1-3-10-5-4-6-11(7-10)13-8-9(2)12/h4-7,13H,2-3,8H2,1H3. The largest absolute Gasteiger partial charge is 0.380 e. The van der Waals surface area contributed by atoms with Crippen LogP contribution in [0.25, 0.3) is 0 Å². The fraction of sp³-hybridized carbons (Fsp3) is 0.273. The molecule has 0 unspecified atom stereocenters. The molecule has 1 aromatic rings. The average molecular weight is 240 g/mol. The average Bonchev–Trinajstić information content (AvgIpc) is 2.15. The molecule has 0 atom stereocenters. The third-order valence-electron chi connectivity index (χ3n) is 1.82. The van der Waals surface area contributed by atoms with Crippen molar-refractivity contribution in [1.82, 2.24) is 0 Å². The van der Waals surface area contributed by atoms with Crippen LogP contribution >= 0.6 is 15.9 Å². The zero-order chi connectivity index (χ0) is 9.68. The van der Waals surface area contributed by atoms with Gasteiger partial charge in [0, 0.05) is 16.7 Å². The molecule has 0 aliphatic rings. The van der Waals surface area contributed by atoms with Crippen LogP contribution in [-0.2, 0) is 6.42 Å². The molecule has 0 amide bonds. The van der Waals surface area contributed by atoms with E-state index in [9.17, 15) is 0 Å². The summed E-state index contributed by atoms with van der Waals surface area (Å²) in [5.74, 6) is 0. The summed E-state index contributed by atoms with van der Waals surface area (Å²) < 4.78 is 0.967. The second-order valence-corrected chi connectivity index (χ2v) is 4.05. The fourth-order valence-electron chi connectivity index (χ4n) is 1.10. The summed E-state index contributed by atoms with van der Waals surface area (Å²) in [5, 5.41) is 3.27. The Kier molecular flexibility index (Phi) is 4.03. The summed E-state index contributed by atoms with van der Waals surface area (Å²) in [6.07, 6.45) is 1.07. The molecule has 1 nitrogen and oxygen atoms in total. The minimum absolute atomic E-state index is 0.771. The summed E-state index contributed by atoms with van der Waals surface area (Å²) in [6.45, 7) is 6.69. The number of rotatable bonds is 4. The molecule has 13 heavy (non-hydrogen) atoms. The van der Waals surface area contributed by atoms with Gasteiger partial charge in [-0.15, -0.1) is 0 Å². The third-order valence-corrected chi connectivity index (χ3v) is 2.10. The monoisotopic (exact) mass is 239 g/mol. The normalized spacial score (nSPS) is 9.69. The topological polar surface area (TPSA) is 12.0 Å². The highest BCUT2D eigenvalue weighted by molar-refractivity contribution is 9.11. The molecular weight excluding hydrogens is 226 g/mol. The van der Waals surface area contributed by atoms with Gasteiger partial charge in [0.1, 0.15) is 0 Å². The molecule has 1 aromatic carbocycles. The number of hydrogen-bond donors (Lipinski definition) is 1. The first-order valence-electron chi connectivity index (χ1n) is 4.38. The zero-order valence-corrected chi connectivity index (χ0v) is 9.39. The van der Waals surface area contributed by atoms with E-state index < -0.39 is 0 Å². The predicted molar refractivity (Wildman–Crippen MR) is 62.4 cm³/mol. The number of aryl methyl sites for hydroxylation is 1. The Balaban J connectivity index is 2.61. The predicted octanol–water partition coefficient (Wildman–Crippen LogP) is 3.57. The van der Waals surface area contributed by atoms with Gasteiger partial charge in [-0.1, -0.05) is 41.6 Å². The van der Waals surface area contributed by atoms with Gasteiger partial charge in [-0.05, 0) is 24.1 Å². The molecule has 0 aliphatic heterocycles. The quantitative estimate of drug-likeness (QED) is 0.848. The highest BCUT2D eigenvalue weighted by Crippen LogP contribution is 2.12. The van der Waals surface area contributed by atoms with Crippen LogP contribution in [0.2, 0.25) is 0 Å². The van der Waals surface area contributed by atoms with Crippen LogP contribution in [0.4, 0.5) is 5.69 Å². The lowest BCUT2D eigenvalue weighted by Crippen LogP contribution is -2.00. The second kappa shape index (κ2) is 5.07. The maximum atomic E-state index is 3.77. The fourth-order valence-corrected chi connectivity index (χ4v) is 1.24. The van der Waals surface area contributed by atoms with Gasteiger partial charge in [-0.3, -0.25) is 0 Å². The molecule has 70 valence electrons. The van der Waals surface area contributed by atoms with Gasteiger partial charge in [-0.25, -0.2) is 0 Å². The Morgan fingerprint density at radius 3 is 2.92 bits per heavy atom. The summed E-state index contributed by atoms with van der Waals surface area (Å²) >= 11 is 3.31. The van der Waals surface area contributed by atoms with E-state index in [-0.39, 0.29) is 0 Å². The van der Waals surface area contributed by atoms with E-state index in [0.29, 0.717) is 0 Å². The lowest BCUT2D eigenvalue weighted by molar-refractivity contribution is 1.14. The molecule has 0 fully saturated rings. The molecule has 0 saturated heterocycles. The van der Waals surface area contributed by atoms with E-state index in [1.165, 1.54) is 5.56 Å². The van der Waals surface area contributed by atoms with Gasteiger partial charge in [-0.2, -0.15) is 0 Å². The van der Waals surface area contributed by atoms with Crippen LogP contribution in [-0.4, -0.2) is 6.54 Å². The summed E-state index contributed by atoms with van der Waals surface area (Å²) in [6, 6.07) is 8.43. The molecule has 1 N–H and O–H groups in total. The Hall–Kier alpha value is -0.760. The van der Waals surface area contributed by atoms with Crippen molar-refractivity contribution in [2.75, 3.05) is 11.9 Å². The molecule has 2 heteroatoms. The molecule has 1 rings (SSSR count). The summed E-state index contributed by atoms with van der Waals surface area (Å²) in [7, 11) is 0. The molecule has 0 heterocycles. The van der Waals surface area contributed by atoms with Gasteiger partial charge in [0.05, 0.1) is 0 Å². The summed E-state index contributed by atoms with van der Waals surface area (Å²) in [4.78, 5) is 0. The number of anilines is 1. The SMILES string of the molecule is C=C(Br)CNc1cccc(CC)c1. The first-order valence-corrected chi connectivity index (χ1v) is 5.17. The third kappa shape index (κ3) is 3.64. The van der Waals surface area contributed by atoms with Crippen LogP contribution in [0.5, 0.6) is 0 Å². The van der Waals surface area contributed by atoms with Crippen LogP contribution in [0.3, 0.4) is 0 Å². The summed E-state index contributed by atoms with van der Waals surface area (Å²) in [5.41, 5.74) is 2.50. The molecule has 0 bridgehead atoms. The molecular formula is C11H14BrN. The van der Waals surface area contributed by atoms with E-state index in [1.54, 1.807) is 0 Å². The minimum Gasteiger partial charge on any atom is -0.380 e. The van der Waals surface area contributed by atoms with Crippen molar-refractivity contribution >= 4 is 21.6 Å². The smallest absolute Gasteiger partial charge is 0.0460 e. The number of nitrogens with one attached hydrogen (secondary N) is 1. The van der Waals surface area contributed by atoms with Crippen LogP contribution in [0.1, 0.15) is 12.5 Å². The van der Waals surface area contributed by atoms with Gasteiger partial charge in [0.25, 0.3) is 0 Å². The Morgan fingerprint density at radius 2 is 2.31 bits per heavy atom. The maximum Gasteiger partial charge on any atom is 0.0460 e. The van der Waals surface area contributed by atoms with Crippen molar-refractivity contribution in [1.29, 1.82) is 0 Å². The Morgan fingerprint density at radius 1 is 1.54 bits per heavy atom. The minimum atomic E-state index is 0.771. The maximum absolute atomic E-state index is 3.77. The van der Waals surface area contributed by atoms with Crippen LogP contribution < -0.4 is 5.32 Å². The van der Waals surface area contributed by atoms with E-state index in [0.717, 1.165) is 23.1 Å². The Bertz CT molecular complexity index is 294. The van der Waals surface area contributed by atoms with E-state index in [4.69, 9.17) is 0 Å². The molecule has 0 spiro atoms. The van der Waals surface area contributed by atoms with E-state index in [1.807, 2.05) is 0 Å². The van der Waals surface area contributed by atoms with Crippen molar-refractivity contribution in [2.45, 2.75) is 13.3 Å². The molecule has 0 radical (unpaired) electrons. The van der Waals surface area contributed by atoms with Gasteiger partial charge < -0.3 is 5.32 Å². The number of halogens is 1. The highest BCUT2D eigenvalue weighted by atomic mass is 79.9. The molecule has 0 aromatic heterocycles. The Labute approximate surface area is 88.0 Å². The second-order valence-electron chi connectivity index (χ2n) is 2.92. The van der Waals surface area contributed by atoms with Crippen LogP contribution in [0, 0.1) is 0 Å². The van der Waals surface area contributed by atoms with Crippen molar-refractivity contribution in [3.8, 4) is 0 Å². The number of hydrogen-bond acceptors (Lipinski definition) is 1. The van der Waals surface area contributed by atoms with Crippen LogP contribution in [0.15, 0.2) is 35.3 Å².